The molecule has 0 radical (unpaired) electrons. The Kier molecular flexibility index (Phi) is 6.69. The van der Waals surface area contributed by atoms with Crippen LogP contribution in [0.3, 0.4) is 0 Å². The van der Waals surface area contributed by atoms with E-state index in [4.69, 9.17) is 14.2 Å². The molecule has 0 aromatic heterocycles. The van der Waals surface area contributed by atoms with Crippen LogP contribution in [0.1, 0.15) is 31.7 Å². The van der Waals surface area contributed by atoms with Crippen LogP contribution in [-0.4, -0.2) is 33.2 Å². The molecule has 2 heterocycles. The standard InChI is InChI=1S/C26H31N3O3/c1-5-6-7-18-8-10-21(11-9-18)29-13-12-19-17-27-25(16-22(19)29)28-20-14-23(30-2)26(32-4)24(15-20)31-3/h8-15,17,22H,5-7,16H2,1-4H3,(H,27,28). The number of rotatable bonds is 8. The van der Waals surface area contributed by atoms with Crippen LogP contribution < -0.4 is 24.4 Å². The summed E-state index contributed by atoms with van der Waals surface area (Å²) in [5, 5.41) is 3.43. The van der Waals surface area contributed by atoms with Gasteiger partial charge in [0.05, 0.1) is 27.4 Å². The Hall–Kier alpha value is -3.41. The second-order valence-corrected chi connectivity index (χ2v) is 7.96. The maximum absolute atomic E-state index is 5.47. The van der Waals surface area contributed by atoms with Gasteiger partial charge in [0.1, 0.15) is 5.84 Å². The Balaban J connectivity index is 1.50. The number of aryl methyl sites for hydroxylation is 1. The number of benzene rings is 2. The summed E-state index contributed by atoms with van der Waals surface area (Å²) < 4.78 is 16.4. The highest BCUT2D eigenvalue weighted by atomic mass is 16.5. The first kappa shape index (κ1) is 21.8. The molecule has 6 nitrogen and oxygen atoms in total. The second kappa shape index (κ2) is 9.81. The van der Waals surface area contributed by atoms with Gasteiger partial charge in [-0.1, -0.05) is 25.5 Å². The van der Waals surface area contributed by atoms with Gasteiger partial charge in [-0.05, 0) is 42.2 Å². The van der Waals surface area contributed by atoms with Crippen LogP contribution in [0.4, 0.5) is 11.4 Å². The van der Waals surface area contributed by atoms with E-state index in [1.165, 1.54) is 29.7 Å². The van der Waals surface area contributed by atoms with Gasteiger partial charge in [0, 0.05) is 42.3 Å². The maximum Gasteiger partial charge on any atom is 0.203 e. The molecule has 0 saturated carbocycles. The molecular formula is C26H31N3O3. The molecule has 168 valence electrons. The van der Waals surface area contributed by atoms with E-state index in [2.05, 4.69) is 58.7 Å². The van der Waals surface area contributed by atoms with E-state index in [0.717, 1.165) is 24.4 Å². The molecule has 32 heavy (non-hydrogen) atoms. The summed E-state index contributed by atoms with van der Waals surface area (Å²) >= 11 is 0. The van der Waals surface area contributed by atoms with E-state index >= 15 is 0 Å². The molecule has 0 saturated heterocycles. The number of nitrogens with zero attached hydrogens (tertiary/aromatic N) is 2. The number of ether oxygens (including phenoxy) is 3. The monoisotopic (exact) mass is 433 g/mol. The Bertz CT molecular complexity index is 1020. The Labute approximate surface area is 190 Å². The van der Waals surface area contributed by atoms with Gasteiger partial charge >= 0.3 is 0 Å². The lowest BCUT2D eigenvalue weighted by Gasteiger charge is -2.29. The van der Waals surface area contributed by atoms with Gasteiger partial charge in [0.15, 0.2) is 11.5 Å². The van der Waals surface area contributed by atoms with Gasteiger partial charge < -0.3 is 24.4 Å². The number of hydrogen-bond acceptors (Lipinski definition) is 6. The van der Waals surface area contributed by atoms with Crippen molar-refractivity contribution < 1.29 is 14.2 Å². The number of anilines is 2. The lowest BCUT2D eigenvalue weighted by atomic mass is 10.0. The summed E-state index contributed by atoms with van der Waals surface area (Å²) in [4.78, 5) is 6.97. The van der Waals surface area contributed by atoms with Crippen molar-refractivity contribution in [3.63, 3.8) is 0 Å². The van der Waals surface area contributed by atoms with Crippen molar-refractivity contribution >= 4 is 17.2 Å². The van der Waals surface area contributed by atoms with Crippen LogP contribution in [0.5, 0.6) is 17.2 Å². The first-order valence-electron chi connectivity index (χ1n) is 11.1. The highest BCUT2D eigenvalue weighted by Gasteiger charge is 2.29. The number of unbranched alkanes of at least 4 members (excludes halogenated alkanes) is 1. The highest BCUT2D eigenvalue weighted by molar-refractivity contribution is 5.98. The van der Waals surface area contributed by atoms with E-state index in [-0.39, 0.29) is 6.04 Å². The molecule has 0 amide bonds. The SMILES string of the molecule is CCCCc1ccc(N2C=CC3=CN=C(Nc4cc(OC)c(OC)c(OC)c4)CC32)cc1. The van der Waals surface area contributed by atoms with Crippen LogP contribution in [0.25, 0.3) is 0 Å². The fourth-order valence-electron chi connectivity index (χ4n) is 4.16. The molecule has 0 spiro atoms. The van der Waals surface area contributed by atoms with Crippen LogP contribution >= 0.6 is 0 Å². The summed E-state index contributed by atoms with van der Waals surface area (Å²) in [5.74, 6) is 2.67. The van der Waals surface area contributed by atoms with E-state index < -0.39 is 0 Å². The fraction of sp³-hybridized carbons (Fsp3) is 0.346. The normalized spacial score (nSPS) is 16.9. The number of methoxy groups -OCH3 is 3. The summed E-state index contributed by atoms with van der Waals surface area (Å²) in [7, 11) is 4.83. The van der Waals surface area contributed by atoms with Gasteiger partial charge in [-0.3, -0.25) is 0 Å². The van der Waals surface area contributed by atoms with Gasteiger partial charge in [-0.15, -0.1) is 0 Å². The van der Waals surface area contributed by atoms with Crippen molar-refractivity contribution in [2.45, 2.75) is 38.6 Å². The highest BCUT2D eigenvalue weighted by Crippen LogP contribution is 2.40. The molecule has 2 aliphatic heterocycles. The number of hydrogen-bond donors (Lipinski definition) is 1. The van der Waals surface area contributed by atoms with Gasteiger partial charge in [0.2, 0.25) is 5.75 Å². The van der Waals surface area contributed by atoms with Crippen molar-refractivity contribution in [2.75, 3.05) is 31.5 Å². The average molecular weight is 434 g/mol. The zero-order chi connectivity index (χ0) is 22.5. The summed E-state index contributed by atoms with van der Waals surface area (Å²) in [6.07, 6.45) is 10.6. The minimum Gasteiger partial charge on any atom is -0.493 e. The molecule has 1 atom stereocenters. The minimum atomic E-state index is 0.221. The number of nitrogens with one attached hydrogen (secondary N) is 1. The third-order valence-corrected chi connectivity index (χ3v) is 5.91. The van der Waals surface area contributed by atoms with Gasteiger partial charge in [0.25, 0.3) is 0 Å². The van der Waals surface area contributed by atoms with Crippen LogP contribution in [0.15, 0.2) is 65.4 Å². The molecule has 2 aromatic rings. The Morgan fingerprint density at radius 3 is 2.38 bits per heavy atom. The molecule has 2 aromatic carbocycles. The van der Waals surface area contributed by atoms with Crippen LogP contribution in [0.2, 0.25) is 0 Å². The number of fused-ring (bicyclic) bond motifs is 1. The molecule has 0 fully saturated rings. The Morgan fingerprint density at radius 1 is 1.03 bits per heavy atom. The van der Waals surface area contributed by atoms with Crippen molar-refractivity contribution in [1.29, 1.82) is 0 Å². The van der Waals surface area contributed by atoms with Crippen molar-refractivity contribution in [3.05, 3.63) is 66.0 Å². The van der Waals surface area contributed by atoms with Gasteiger partial charge in [-0.25, -0.2) is 4.99 Å². The van der Waals surface area contributed by atoms with Crippen LogP contribution in [0, 0.1) is 0 Å². The lowest BCUT2D eigenvalue weighted by molar-refractivity contribution is 0.324. The summed E-state index contributed by atoms with van der Waals surface area (Å²) in [5.41, 5.74) is 4.65. The molecule has 2 aliphatic rings. The zero-order valence-electron chi connectivity index (χ0n) is 19.2. The van der Waals surface area contributed by atoms with Crippen molar-refractivity contribution in [1.82, 2.24) is 0 Å². The third-order valence-electron chi connectivity index (χ3n) is 5.91. The number of amidine groups is 1. The van der Waals surface area contributed by atoms with Gasteiger partial charge in [-0.2, -0.15) is 0 Å². The van der Waals surface area contributed by atoms with Crippen molar-refractivity contribution in [3.8, 4) is 17.2 Å². The predicted octanol–water partition coefficient (Wildman–Crippen LogP) is 5.56. The Morgan fingerprint density at radius 2 is 1.75 bits per heavy atom. The van der Waals surface area contributed by atoms with Crippen molar-refractivity contribution in [2.24, 2.45) is 4.99 Å². The predicted molar refractivity (Wildman–Crippen MR) is 130 cm³/mol. The minimum absolute atomic E-state index is 0.221. The second-order valence-electron chi connectivity index (χ2n) is 7.96. The molecule has 4 rings (SSSR count). The topological polar surface area (TPSA) is 55.3 Å². The largest absolute Gasteiger partial charge is 0.493 e. The molecule has 6 heteroatoms. The molecule has 0 bridgehead atoms. The first-order chi connectivity index (χ1) is 15.7. The van der Waals surface area contributed by atoms with E-state index in [1.807, 2.05) is 18.3 Å². The third kappa shape index (κ3) is 4.44. The van der Waals surface area contributed by atoms with E-state index in [9.17, 15) is 0 Å². The molecule has 1 N–H and O–H groups in total. The quantitative estimate of drug-likeness (QED) is 0.591. The average Bonchev–Trinajstić information content (AvgIpc) is 3.25. The maximum atomic E-state index is 5.47. The number of aliphatic imine (C=N–C) groups is 1. The molecule has 0 aliphatic carbocycles. The summed E-state index contributed by atoms with van der Waals surface area (Å²) in [6, 6.07) is 12.9. The molecule has 1 unspecified atom stereocenters. The van der Waals surface area contributed by atoms with Crippen LogP contribution in [-0.2, 0) is 6.42 Å². The lowest BCUT2D eigenvalue weighted by Crippen LogP contribution is -2.34. The van der Waals surface area contributed by atoms with E-state index in [1.54, 1.807) is 21.3 Å². The smallest absolute Gasteiger partial charge is 0.203 e. The zero-order valence-corrected chi connectivity index (χ0v) is 19.2. The molecular weight excluding hydrogens is 402 g/mol. The van der Waals surface area contributed by atoms with E-state index in [0.29, 0.717) is 17.2 Å². The fourth-order valence-corrected chi connectivity index (χ4v) is 4.16. The first-order valence-corrected chi connectivity index (χ1v) is 11.1. The summed E-state index contributed by atoms with van der Waals surface area (Å²) in [6.45, 7) is 2.23.